The van der Waals surface area contributed by atoms with Crippen LogP contribution >= 0.6 is 15.9 Å². The van der Waals surface area contributed by atoms with Gasteiger partial charge in [-0.15, -0.1) is 0 Å². The zero-order chi connectivity index (χ0) is 16.2. The van der Waals surface area contributed by atoms with Gasteiger partial charge in [0.05, 0.1) is 0 Å². The topological polar surface area (TPSA) is 59.8 Å². The van der Waals surface area contributed by atoms with Crippen LogP contribution in [0.2, 0.25) is 0 Å². The minimum atomic E-state index is -0.233. The molecule has 2 aromatic rings. The Morgan fingerprint density at radius 2 is 2.09 bits per heavy atom. The van der Waals surface area contributed by atoms with E-state index >= 15 is 0 Å². The molecule has 1 aliphatic carbocycles. The molecular formula is C17H17BrN4O. The molecule has 2 heterocycles. The largest absolute Gasteiger partial charge is 0.328 e. The Kier molecular flexibility index (Phi) is 3.20. The number of hydrogen-bond acceptors (Lipinski definition) is 4. The SMILES string of the molecule is CC1(C)CC(=O)C2=C(C1)Nc1ncnn1C2c1ccccc1Br. The number of ketones is 1. The highest BCUT2D eigenvalue weighted by Gasteiger charge is 2.41. The molecule has 1 atom stereocenters. The monoisotopic (exact) mass is 372 g/mol. The number of anilines is 1. The average Bonchev–Trinajstić information content (AvgIpc) is 2.92. The predicted octanol–water partition coefficient (Wildman–Crippen LogP) is 3.70. The van der Waals surface area contributed by atoms with E-state index < -0.39 is 0 Å². The van der Waals surface area contributed by atoms with Crippen molar-refractivity contribution in [3.05, 3.63) is 51.9 Å². The van der Waals surface area contributed by atoms with Gasteiger partial charge in [-0.3, -0.25) is 4.79 Å². The quantitative estimate of drug-likeness (QED) is 0.828. The molecule has 1 aromatic carbocycles. The molecule has 1 aromatic heterocycles. The molecule has 23 heavy (non-hydrogen) atoms. The number of aromatic nitrogens is 3. The summed E-state index contributed by atoms with van der Waals surface area (Å²) in [7, 11) is 0. The van der Waals surface area contributed by atoms with Gasteiger partial charge in [0.1, 0.15) is 12.4 Å². The first-order valence-electron chi connectivity index (χ1n) is 7.63. The second kappa shape index (κ2) is 5.03. The van der Waals surface area contributed by atoms with Crippen molar-refractivity contribution in [2.45, 2.75) is 32.7 Å². The van der Waals surface area contributed by atoms with Crippen LogP contribution in [0.25, 0.3) is 0 Å². The third-order valence-electron chi connectivity index (χ3n) is 4.47. The summed E-state index contributed by atoms with van der Waals surface area (Å²) in [6, 6.07) is 7.74. The van der Waals surface area contributed by atoms with Crippen molar-refractivity contribution >= 4 is 27.7 Å². The van der Waals surface area contributed by atoms with Gasteiger partial charge in [0, 0.05) is 22.2 Å². The molecular weight excluding hydrogens is 356 g/mol. The maximum absolute atomic E-state index is 12.9. The van der Waals surface area contributed by atoms with Gasteiger partial charge in [0.25, 0.3) is 0 Å². The second-order valence-electron chi connectivity index (χ2n) is 6.91. The van der Waals surface area contributed by atoms with Gasteiger partial charge in [-0.2, -0.15) is 10.1 Å². The van der Waals surface area contributed by atoms with Crippen molar-refractivity contribution in [3.8, 4) is 0 Å². The van der Waals surface area contributed by atoms with Crippen molar-refractivity contribution < 1.29 is 4.79 Å². The second-order valence-corrected chi connectivity index (χ2v) is 7.76. The number of fused-ring (bicyclic) bond motifs is 1. The van der Waals surface area contributed by atoms with E-state index in [-0.39, 0.29) is 17.2 Å². The molecule has 0 radical (unpaired) electrons. The first-order chi connectivity index (χ1) is 11.0. The van der Waals surface area contributed by atoms with E-state index in [0.717, 1.165) is 27.7 Å². The molecule has 0 fully saturated rings. The van der Waals surface area contributed by atoms with Gasteiger partial charge in [-0.05, 0) is 23.5 Å². The van der Waals surface area contributed by atoms with Crippen molar-refractivity contribution in [2.24, 2.45) is 5.41 Å². The molecule has 6 heteroatoms. The number of nitrogens with one attached hydrogen (secondary N) is 1. The van der Waals surface area contributed by atoms with Gasteiger partial charge in [-0.1, -0.05) is 48.0 Å². The van der Waals surface area contributed by atoms with E-state index in [1.165, 1.54) is 6.33 Å². The van der Waals surface area contributed by atoms with E-state index in [1.54, 1.807) is 4.68 Å². The number of hydrogen-bond donors (Lipinski definition) is 1. The average molecular weight is 373 g/mol. The van der Waals surface area contributed by atoms with E-state index in [0.29, 0.717) is 12.4 Å². The lowest BCUT2D eigenvalue weighted by Gasteiger charge is -2.38. The minimum absolute atomic E-state index is 0.0381. The molecule has 0 amide bonds. The maximum Gasteiger partial charge on any atom is 0.226 e. The molecule has 2 aliphatic rings. The zero-order valence-electron chi connectivity index (χ0n) is 13.0. The molecule has 118 valence electrons. The number of carbonyl (C=O) groups excluding carboxylic acids is 1. The summed E-state index contributed by atoms with van der Waals surface area (Å²) in [6.45, 7) is 4.26. The maximum atomic E-state index is 12.9. The number of allylic oxidation sites excluding steroid dienone is 2. The van der Waals surface area contributed by atoms with Crippen molar-refractivity contribution in [2.75, 3.05) is 5.32 Å². The Morgan fingerprint density at radius 1 is 1.30 bits per heavy atom. The predicted molar refractivity (Wildman–Crippen MR) is 91.0 cm³/mol. The summed E-state index contributed by atoms with van der Waals surface area (Å²) in [6.07, 6.45) is 2.92. The van der Waals surface area contributed by atoms with Crippen molar-refractivity contribution in [1.82, 2.24) is 14.8 Å². The lowest BCUT2D eigenvalue weighted by atomic mass is 9.73. The summed E-state index contributed by atoms with van der Waals surface area (Å²) in [5.41, 5.74) is 2.78. The number of rotatable bonds is 1. The number of nitrogens with zero attached hydrogens (tertiary/aromatic N) is 3. The summed E-state index contributed by atoms with van der Waals surface area (Å²) in [5, 5.41) is 7.67. The van der Waals surface area contributed by atoms with Crippen molar-refractivity contribution in [3.63, 3.8) is 0 Å². The Bertz CT molecular complexity index is 837. The Morgan fingerprint density at radius 3 is 2.87 bits per heavy atom. The fourth-order valence-corrected chi connectivity index (χ4v) is 4.03. The van der Waals surface area contributed by atoms with Gasteiger partial charge >= 0.3 is 0 Å². The molecule has 5 nitrogen and oxygen atoms in total. The molecule has 0 saturated carbocycles. The summed E-state index contributed by atoms with van der Waals surface area (Å²) < 4.78 is 2.77. The molecule has 0 bridgehead atoms. The van der Waals surface area contributed by atoms with E-state index in [4.69, 9.17) is 0 Å². The summed E-state index contributed by atoms with van der Waals surface area (Å²) in [5.74, 6) is 0.876. The van der Waals surface area contributed by atoms with Gasteiger partial charge in [-0.25, -0.2) is 4.68 Å². The normalized spacial score (nSPS) is 22.4. The Labute approximate surface area is 142 Å². The van der Waals surface area contributed by atoms with E-state index in [1.807, 2.05) is 24.3 Å². The zero-order valence-corrected chi connectivity index (χ0v) is 14.6. The highest BCUT2D eigenvalue weighted by Crippen LogP contribution is 2.46. The first kappa shape index (κ1) is 14.6. The summed E-state index contributed by atoms with van der Waals surface area (Å²) in [4.78, 5) is 17.2. The molecule has 0 saturated heterocycles. The molecule has 0 spiro atoms. The van der Waals surface area contributed by atoms with Gasteiger partial charge in [0.2, 0.25) is 5.95 Å². The van der Waals surface area contributed by atoms with Crippen LogP contribution in [0.5, 0.6) is 0 Å². The molecule has 1 N–H and O–H groups in total. The van der Waals surface area contributed by atoms with Crippen LogP contribution in [0.15, 0.2) is 46.3 Å². The van der Waals surface area contributed by atoms with Crippen LogP contribution in [0.4, 0.5) is 5.95 Å². The minimum Gasteiger partial charge on any atom is -0.328 e. The van der Waals surface area contributed by atoms with Gasteiger partial charge in [0.15, 0.2) is 5.78 Å². The van der Waals surface area contributed by atoms with Crippen LogP contribution in [0.1, 0.15) is 38.3 Å². The first-order valence-corrected chi connectivity index (χ1v) is 8.43. The lowest BCUT2D eigenvalue weighted by Crippen LogP contribution is -2.36. The number of benzene rings is 1. The molecule has 1 unspecified atom stereocenters. The third kappa shape index (κ3) is 2.32. The van der Waals surface area contributed by atoms with Crippen LogP contribution in [-0.2, 0) is 4.79 Å². The molecule has 1 aliphatic heterocycles. The van der Waals surface area contributed by atoms with E-state index in [9.17, 15) is 4.79 Å². The highest BCUT2D eigenvalue weighted by atomic mass is 79.9. The van der Waals surface area contributed by atoms with E-state index in [2.05, 4.69) is 45.2 Å². The van der Waals surface area contributed by atoms with Crippen LogP contribution in [0.3, 0.4) is 0 Å². The number of halogens is 1. The smallest absolute Gasteiger partial charge is 0.226 e. The number of Topliss-reactive ketones (excluding diaryl/α,β-unsaturated/α-hetero) is 1. The Balaban J connectivity index is 1.94. The number of carbonyl (C=O) groups is 1. The highest BCUT2D eigenvalue weighted by molar-refractivity contribution is 9.10. The lowest BCUT2D eigenvalue weighted by molar-refractivity contribution is -0.118. The fraction of sp³-hybridized carbons (Fsp3) is 0.353. The van der Waals surface area contributed by atoms with Crippen LogP contribution in [-0.4, -0.2) is 20.5 Å². The molecule has 4 rings (SSSR count). The fourth-order valence-electron chi connectivity index (χ4n) is 3.53. The Hall–Kier alpha value is -1.95. The van der Waals surface area contributed by atoms with Crippen molar-refractivity contribution in [1.29, 1.82) is 0 Å². The van der Waals surface area contributed by atoms with Crippen LogP contribution in [0, 0.1) is 5.41 Å². The van der Waals surface area contributed by atoms with Gasteiger partial charge < -0.3 is 5.32 Å². The third-order valence-corrected chi connectivity index (χ3v) is 5.20. The standard InChI is InChI=1S/C17H17BrN4O/c1-17(2)7-12-14(13(23)8-17)15(10-5-3-4-6-11(10)18)22-16(21-12)19-9-20-22/h3-6,9,15H,7-8H2,1-2H3,(H,19,20,21). The summed E-state index contributed by atoms with van der Waals surface area (Å²) >= 11 is 3.62. The van der Waals surface area contributed by atoms with Crippen LogP contribution < -0.4 is 5.32 Å².